The Morgan fingerprint density at radius 3 is 2.16 bits per heavy atom. The van der Waals surface area contributed by atoms with Gasteiger partial charge in [0.2, 0.25) is 0 Å². The molecule has 2 bridgehead atoms. The molecule has 4 N–H and O–H groups in total. The summed E-state index contributed by atoms with van der Waals surface area (Å²) in [5.74, 6) is -5.38. The minimum absolute atomic E-state index is 0.0915. The predicted molar refractivity (Wildman–Crippen MR) is 200 cm³/mol. The van der Waals surface area contributed by atoms with Crippen LogP contribution in [0, 0.1) is 16.7 Å². The standard InChI is InChI=1S/C40H47B2NO13/c1-20-25(54-36(50)30(47)29(23-13-9-7-10-14-23)43-35(49)24-15-11-8-12-16-24)18-40(51)34(56-42-41)32-38(6,26(46)17-27-39(32,19-52-27)55-22(3)45)33(48)31(53-21(2)44)28(20)37(40,4)5/h7-16,25-27,29-32,34,41,46-47,51H,17-19H2,1-6H3,(H,43,49)/t25-,26-,27+,29-,30+,31+,32?,34-,38+,39-,40+/m0/s1. The van der Waals surface area contributed by atoms with Gasteiger partial charge < -0.3 is 0 Å². The summed E-state index contributed by atoms with van der Waals surface area (Å²) in [5, 5.41) is 39.5. The van der Waals surface area contributed by atoms with Crippen molar-refractivity contribution in [3.63, 3.8) is 0 Å². The molecule has 6 rings (SSSR count). The molecule has 2 saturated carbocycles. The Morgan fingerprint density at radius 2 is 1.61 bits per heavy atom. The molecule has 14 nitrogen and oxygen atoms in total. The molecule has 4 aliphatic rings. The zero-order valence-corrected chi connectivity index (χ0v) is 32.2. The zero-order chi connectivity index (χ0) is 41.0. The van der Waals surface area contributed by atoms with Gasteiger partial charge in [0.25, 0.3) is 0 Å². The van der Waals surface area contributed by atoms with Crippen molar-refractivity contribution in [2.75, 3.05) is 6.61 Å². The molecule has 2 aromatic carbocycles. The molecule has 1 saturated heterocycles. The summed E-state index contributed by atoms with van der Waals surface area (Å²) in [6.07, 6.45) is -9.42. The van der Waals surface area contributed by atoms with Crippen molar-refractivity contribution >= 4 is 44.0 Å². The third kappa shape index (κ3) is 6.53. The Labute approximate surface area is 326 Å². The van der Waals surface area contributed by atoms with Crippen LogP contribution < -0.4 is 5.32 Å². The van der Waals surface area contributed by atoms with Crippen molar-refractivity contribution in [1.82, 2.24) is 5.32 Å². The first kappa shape index (κ1) is 41.1. The maximum absolute atomic E-state index is 15.2. The van der Waals surface area contributed by atoms with Crippen LogP contribution in [0.2, 0.25) is 0 Å². The Hall–Kier alpha value is -4.50. The minimum atomic E-state index is -2.15. The van der Waals surface area contributed by atoms with Crippen molar-refractivity contribution in [2.45, 2.75) is 108 Å². The molecule has 0 spiro atoms. The van der Waals surface area contributed by atoms with Crippen LogP contribution in [0.5, 0.6) is 0 Å². The van der Waals surface area contributed by atoms with Crippen LogP contribution in [-0.4, -0.2) is 114 Å². The number of amides is 1. The number of hydrogen-bond donors (Lipinski definition) is 4. The number of rotatable bonds is 10. The summed E-state index contributed by atoms with van der Waals surface area (Å²) in [6, 6.07) is 15.3. The molecule has 0 aromatic heterocycles. The normalized spacial score (nSPS) is 34.0. The van der Waals surface area contributed by atoms with E-state index in [1.54, 1.807) is 81.4 Å². The van der Waals surface area contributed by atoms with Gasteiger partial charge in [-0.15, -0.1) is 0 Å². The second kappa shape index (κ2) is 15.1. The topological polar surface area (TPSA) is 204 Å². The fraction of sp³-hybridized carbons (Fsp3) is 0.525. The number of aliphatic hydroxyl groups excluding tert-OH is 2. The number of esters is 3. The van der Waals surface area contributed by atoms with Crippen molar-refractivity contribution in [3.05, 3.63) is 82.9 Å². The second-order valence-corrected chi connectivity index (χ2v) is 15.9. The molecule has 296 valence electrons. The fourth-order valence-electron chi connectivity index (χ4n) is 9.55. The van der Waals surface area contributed by atoms with E-state index >= 15 is 4.79 Å². The van der Waals surface area contributed by atoms with Gasteiger partial charge in [-0.05, 0) is 12.1 Å². The average Bonchev–Trinajstić information content (AvgIpc) is 3.15. The molecule has 1 amide bonds. The van der Waals surface area contributed by atoms with E-state index in [0.717, 1.165) is 13.9 Å². The zero-order valence-electron chi connectivity index (χ0n) is 32.2. The van der Waals surface area contributed by atoms with Gasteiger partial charge in [0.15, 0.2) is 0 Å². The molecule has 11 atom stereocenters. The number of ketones is 1. The van der Waals surface area contributed by atoms with E-state index in [-0.39, 0.29) is 29.7 Å². The van der Waals surface area contributed by atoms with Gasteiger partial charge in [-0.2, -0.15) is 0 Å². The van der Waals surface area contributed by atoms with Crippen LogP contribution in [0.3, 0.4) is 0 Å². The van der Waals surface area contributed by atoms with Crippen molar-refractivity contribution in [1.29, 1.82) is 0 Å². The van der Waals surface area contributed by atoms with E-state index in [9.17, 15) is 34.5 Å². The van der Waals surface area contributed by atoms with E-state index in [1.807, 2.05) is 0 Å². The van der Waals surface area contributed by atoms with Crippen molar-refractivity contribution in [2.24, 2.45) is 16.7 Å². The molecule has 3 aliphatic carbocycles. The molecule has 1 aliphatic heterocycles. The molecule has 0 radical (unpaired) electrons. The number of benzene rings is 2. The summed E-state index contributed by atoms with van der Waals surface area (Å²) in [4.78, 5) is 68.2. The molecule has 2 aromatic rings. The van der Waals surface area contributed by atoms with Gasteiger partial charge >= 0.3 is 290 Å². The molecular formula is C40H47B2NO13. The van der Waals surface area contributed by atoms with Crippen LogP contribution in [-0.2, 0) is 42.8 Å². The Morgan fingerprint density at radius 1 is 0.982 bits per heavy atom. The molecule has 16 heteroatoms. The number of fused-ring (bicyclic) bond motifs is 5. The van der Waals surface area contributed by atoms with Crippen LogP contribution in [0.1, 0.15) is 76.3 Å². The predicted octanol–water partition coefficient (Wildman–Crippen LogP) is 1.33. The fourth-order valence-corrected chi connectivity index (χ4v) is 9.55. The SMILES string of the molecule is B=BO[C@H]1C2[C@](C)(C(=O)[C@H](OC(C)=O)C3=C(C)[C@@H](OC(=O)[C@H](O)[C@@H](NC(=O)c4ccccc4)c4ccccc4)C[C@]1(O)C3(C)C)[C@@H](O)C[C@H]1OC[C@@]21OC(C)=O. The molecule has 1 heterocycles. The number of hydrogen-bond acceptors (Lipinski definition) is 13. The molecule has 56 heavy (non-hydrogen) atoms. The van der Waals surface area contributed by atoms with Gasteiger partial charge in [-0.1, -0.05) is 24.3 Å². The van der Waals surface area contributed by atoms with Crippen LogP contribution in [0.15, 0.2) is 71.8 Å². The number of carbonyl (C=O) groups is 5. The number of aliphatic hydroxyl groups is 3. The quantitative estimate of drug-likeness (QED) is 0.117. The van der Waals surface area contributed by atoms with Crippen molar-refractivity contribution in [3.8, 4) is 0 Å². The first-order valence-corrected chi connectivity index (χ1v) is 18.5. The van der Waals surface area contributed by atoms with Crippen LogP contribution >= 0.6 is 0 Å². The van der Waals surface area contributed by atoms with Gasteiger partial charge in [0.05, 0.1) is 0 Å². The van der Waals surface area contributed by atoms with E-state index in [1.165, 1.54) is 13.8 Å². The third-order valence-corrected chi connectivity index (χ3v) is 12.5. The third-order valence-electron chi connectivity index (χ3n) is 12.5. The summed E-state index contributed by atoms with van der Waals surface area (Å²) >= 11 is 0. The second-order valence-electron chi connectivity index (χ2n) is 15.9. The van der Waals surface area contributed by atoms with E-state index in [2.05, 4.69) is 12.7 Å². The number of carbonyl (C=O) groups excluding carboxylic acids is 5. The Bertz CT molecular complexity index is 1940. The summed E-state index contributed by atoms with van der Waals surface area (Å²) in [6.45, 7) is 8.39. The van der Waals surface area contributed by atoms with Crippen LogP contribution in [0.4, 0.5) is 0 Å². The van der Waals surface area contributed by atoms with E-state index < -0.39 is 107 Å². The summed E-state index contributed by atoms with van der Waals surface area (Å²) in [7, 11) is 4.81. The monoisotopic (exact) mass is 771 g/mol. The summed E-state index contributed by atoms with van der Waals surface area (Å²) in [5.41, 5.74) is -6.10. The van der Waals surface area contributed by atoms with Gasteiger partial charge in [0.1, 0.15) is 0 Å². The Balaban J connectivity index is 1.48. The molecular weight excluding hydrogens is 724 g/mol. The number of Topliss-reactive ketones (excluding diaryl/α,β-unsaturated/α-hetero) is 1. The summed E-state index contributed by atoms with van der Waals surface area (Å²) < 4.78 is 29.9. The van der Waals surface area contributed by atoms with Gasteiger partial charge in [-0.3, -0.25) is 0 Å². The van der Waals surface area contributed by atoms with E-state index in [4.69, 9.17) is 23.6 Å². The number of nitrogens with one attached hydrogen (secondary N) is 1. The Kier molecular flexibility index (Phi) is 11.1. The maximum atomic E-state index is 15.2. The van der Waals surface area contributed by atoms with E-state index in [0.29, 0.717) is 5.56 Å². The average molecular weight is 771 g/mol. The first-order chi connectivity index (χ1) is 26.3. The molecule has 3 fully saturated rings. The first-order valence-electron chi connectivity index (χ1n) is 18.5. The van der Waals surface area contributed by atoms with Gasteiger partial charge in [0, 0.05) is 0 Å². The van der Waals surface area contributed by atoms with Crippen molar-refractivity contribution < 1.29 is 62.9 Å². The molecule has 1 unspecified atom stereocenters. The number of ether oxygens (including phenoxy) is 4. The van der Waals surface area contributed by atoms with Gasteiger partial charge in [-0.25, -0.2) is 0 Å². The van der Waals surface area contributed by atoms with Crippen LogP contribution in [0.25, 0.3) is 0 Å².